The highest BCUT2D eigenvalue weighted by atomic mass is 16.2. The summed E-state index contributed by atoms with van der Waals surface area (Å²) >= 11 is 0. The van der Waals surface area contributed by atoms with Gasteiger partial charge in [-0.1, -0.05) is 66.7 Å². The van der Waals surface area contributed by atoms with Crippen LogP contribution in [0.3, 0.4) is 0 Å². The standard InChI is InChI=1S/C27H24N4O3/c28-24(32)16-31-23-13-7-5-11-19(23)14-20(17-8-2-1-3-9-17)25(27(31)34)30-26(33)22-15-18-10-4-6-12-21(18)29-22/h1-13,15,20,25,29H,14,16H2,(H2,28,32)(H,30,33)/t20-,25-/m0/s1. The molecule has 7 nitrogen and oxygen atoms in total. The molecule has 34 heavy (non-hydrogen) atoms. The summed E-state index contributed by atoms with van der Waals surface area (Å²) in [6, 6.07) is 25.6. The Morgan fingerprint density at radius 2 is 1.68 bits per heavy atom. The van der Waals surface area contributed by atoms with Crippen molar-refractivity contribution in [1.29, 1.82) is 0 Å². The quantitative estimate of drug-likeness (QED) is 0.433. The number of hydrogen-bond donors (Lipinski definition) is 3. The van der Waals surface area contributed by atoms with E-state index in [0.29, 0.717) is 17.8 Å². The van der Waals surface area contributed by atoms with Crippen molar-refractivity contribution >= 4 is 34.3 Å². The van der Waals surface area contributed by atoms with E-state index in [2.05, 4.69) is 10.3 Å². The minimum absolute atomic E-state index is 0.268. The normalized spacial score (nSPS) is 17.8. The number of carbonyl (C=O) groups is 3. The number of benzene rings is 3. The van der Waals surface area contributed by atoms with Crippen molar-refractivity contribution in [1.82, 2.24) is 10.3 Å². The van der Waals surface area contributed by atoms with Gasteiger partial charge in [0.25, 0.3) is 11.8 Å². The van der Waals surface area contributed by atoms with Crippen molar-refractivity contribution in [3.05, 3.63) is 102 Å². The number of rotatable bonds is 5. The zero-order valence-corrected chi connectivity index (χ0v) is 18.4. The van der Waals surface area contributed by atoms with Gasteiger partial charge in [0.2, 0.25) is 5.91 Å². The number of para-hydroxylation sites is 2. The molecule has 0 unspecified atom stereocenters. The van der Waals surface area contributed by atoms with Gasteiger partial charge in [-0.05, 0) is 35.7 Å². The van der Waals surface area contributed by atoms with Crippen molar-refractivity contribution in [2.45, 2.75) is 18.4 Å². The van der Waals surface area contributed by atoms with E-state index in [0.717, 1.165) is 22.0 Å². The van der Waals surface area contributed by atoms with E-state index in [1.807, 2.05) is 72.8 Å². The van der Waals surface area contributed by atoms with E-state index in [9.17, 15) is 14.4 Å². The van der Waals surface area contributed by atoms with Crippen LogP contribution in [-0.2, 0) is 16.0 Å². The predicted octanol–water partition coefficient (Wildman–Crippen LogP) is 3.12. The number of primary amides is 1. The Hall–Kier alpha value is -4.39. The van der Waals surface area contributed by atoms with Crippen molar-refractivity contribution in [2.24, 2.45) is 5.73 Å². The summed E-state index contributed by atoms with van der Waals surface area (Å²) in [5, 5.41) is 3.86. The lowest BCUT2D eigenvalue weighted by molar-refractivity contribution is -0.123. The molecule has 3 amide bonds. The Labute approximate surface area is 196 Å². The van der Waals surface area contributed by atoms with E-state index in [4.69, 9.17) is 5.73 Å². The second kappa shape index (κ2) is 8.86. The SMILES string of the molecule is NC(=O)CN1C(=O)[C@@H](NC(=O)c2cc3ccccc3[nH]2)[C@H](c2ccccc2)Cc2ccccc21. The third-order valence-electron chi connectivity index (χ3n) is 6.26. The number of anilines is 1. The van der Waals surface area contributed by atoms with Crippen molar-refractivity contribution in [2.75, 3.05) is 11.4 Å². The van der Waals surface area contributed by atoms with Crippen LogP contribution in [0.4, 0.5) is 5.69 Å². The molecule has 0 spiro atoms. The average molecular weight is 453 g/mol. The summed E-state index contributed by atoms with van der Waals surface area (Å²) < 4.78 is 0. The summed E-state index contributed by atoms with van der Waals surface area (Å²) in [6.45, 7) is -0.268. The topological polar surface area (TPSA) is 108 Å². The van der Waals surface area contributed by atoms with Crippen LogP contribution in [0.15, 0.2) is 84.9 Å². The van der Waals surface area contributed by atoms with Gasteiger partial charge >= 0.3 is 0 Å². The Balaban J connectivity index is 1.57. The summed E-state index contributed by atoms with van der Waals surface area (Å²) in [5.74, 6) is -1.72. The monoisotopic (exact) mass is 452 g/mol. The Morgan fingerprint density at radius 3 is 2.44 bits per heavy atom. The van der Waals surface area contributed by atoms with Crippen LogP contribution in [0.1, 0.15) is 27.5 Å². The number of aromatic amines is 1. The summed E-state index contributed by atoms with van der Waals surface area (Å²) in [4.78, 5) is 43.6. The van der Waals surface area contributed by atoms with Gasteiger partial charge in [-0.15, -0.1) is 0 Å². The predicted molar refractivity (Wildman–Crippen MR) is 130 cm³/mol. The number of nitrogens with two attached hydrogens (primary N) is 1. The maximum Gasteiger partial charge on any atom is 0.268 e. The number of H-pyrrole nitrogens is 1. The Morgan fingerprint density at radius 1 is 0.971 bits per heavy atom. The average Bonchev–Trinajstić information content (AvgIpc) is 3.25. The Bertz CT molecular complexity index is 1350. The summed E-state index contributed by atoms with van der Waals surface area (Å²) in [6.07, 6.45) is 0.513. The second-order valence-electron chi connectivity index (χ2n) is 8.46. The van der Waals surface area contributed by atoms with Gasteiger partial charge in [0.15, 0.2) is 0 Å². The minimum Gasteiger partial charge on any atom is -0.368 e. The zero-order valence-electron chi connectivity index (χ0n) is 18.4. The zero-order chi connectivity index (χ0) is 23.7. The van der Waals surface area contributed by atoms with Crippen LogP contribution in [-0.4, -0.2) is 35.3 Å². The van der Waals surface area contributed by atoms with Crippen LogP contribution >= 0.6 is 0 Å². The number of nitrogens with one attached hydrogen (secondary N) is 2. The van der Waals surface area contributed by atoms with Gasteiger partial charge in [-0.3, -0.25) is 14.4 Å². The summed E-state index contributed by atoms with van der Waals surface area (Å²) in [5.41, 5.74) is 9.16. The molecule has 0 saturated carbocycles. The fourth-order valence-corrected chi connectivity index (χ4v) is 4.67. The lowest BCUT2D eigenvalue weighted by atomic mass is 9.86. The second-order valence-corrected chi connectivity index (χ2v) is 8.46. The molecule has 0 radical (unpaired) electrons. The van der Waals surface area contributed by atoms with Crippen molar-refractivity contribution in [3.63, 3.8) is 0 Å². The maximum atomic E-state index is 13.9. The van der Waals surface area contributed by atoms with Crippen LogP contribution in [0.2, 0.25) is 0 Å². The highest BCUT2D eigenvalue weighted by molar-refractivity contribution is 6.06. The minimum atomic E-state index is -0.895. The van der Waals surface area contributed by atoms with Crippen LogP contribution in [0.5, 0.6) is 0 Å². The van der Waals surface area contributed by atoms with Crippen molar-refractivity contribution < 1.29 is 14.4 Å². The Kier molecular flexibility index (Phi) is 5.59. The third-order valence-corrected chi connectivity index (χ3v) is 6.26. The van der Waals surface area contributed by atoms with Gasteiger partial charge in [-0.25, -0.2) is 0 Å². The molecule has 2 heterocycles. The van der Waals surface area contributed by atoms with E-state index in [-0.39, 0.29) is 24.3 Å². The lowest BCUT2D eigenvalue weighted by Crippen LogP contribution is -2.52. The van der Waals surface area contributed by atoms with E-state index < -0.39 is 11.9 Å². The van der Waals surface area contributed by atoms with Crippen LogP contribution < -0.4 is 16.0 Å². The van der Waals surface area contributed by atoms with Crippen LogP contribution in [0, 0.1) is 0 Å². The molecule has 1 aliphatic rings. The first-order valence-electron chi connectivity index (χ1n) is 11.1. The lowest BCUT2D eigenvalue weighted by Gasteiger charge is -2.28. The molecule has 5 rings (SSSR count). The fraction of sp³-hybridized carbons (Fsp3) is 0.148. The largest absolute Gasteiger partial charge is 0.368 e. The molecular weight excluding hydrogens is 428 g/mol. The first kappa shape index (κ1) is 21.5. The smallest absolute Gasteiger partial charge is 0.268 e. The number of amides is 3. The number of fused-ring (bicyclic) bond motifs is 2. The molecule has 0 bridgehead atoms. The molecule has 170 valence electrons. The number of hydrogen-bond acceptors (Lipinski definition) is 3. The molecular formula is C27H24N4O3. The highest BCUT2D eigenvalue weighted by Gasteiger charge is 2.39. The van der Waals surface area contributed by atoms with Gasteiger partial charge in [0.05, 0.1) is 0 Å². The van der Waals surface area contributed by atoms with E-state index in [1.165, 1.54) is 4.90 Å². The first-order chi connectivity index (χ1) is 16.5. The molecule has 1 aromatic heterocycles. The first-order valence-corrected chi connectivity index (χ1v) is 11.1. The highest BCUT2D eigenvalue weighted by Crippen LogP contribution is 2.35. The number of carbonyl (C=O) groups excluding carboxylic acids is 3. The molecule has 0 fully saturated rings. The number of nitrogens with zero attached hydrogens (tertiary/aromatic N) is 1. The van der Waals surface area contributed by atoms with Gasteiger partial charge in [0.1, 0.15) is 18.3 Å². The van der Waals surface area contributed by atoms with E-state index >= 15 is 0 Å². The van der Waals surface area contributed by atoms with E-state index in [1.54, 1.807) is 12.1 Å². The van der Waals surface area contributed by atoms with Gasteiger partial charge < -0.3 is 20.9 Å². The molecule has 7 heteroatoms. The molecule has 4 aromatic rings. The van der Waals surface area contributed by atoms with Gasteiger partial charge in [0, 0.05) is 22.5 Å². The molecule has 4 N–H and O–H groups in total. The maximum absolute atomic E-state index is 13.9. The molecule has 0 aliphatic carbocycles. The molecule has 3 aromatic carbocycles. The third kappa shape index (κ3) is 4.03. The molecule has 0 saturated heterocycles. The molecule has 1 aliphatic heterocycles. The van der Waals surface area contributed by atoms with Gasteiger partial charge in [-0.2, -0.15) is 0 Å². The fourth-order valence-electron chi connectivity index (χ4n) is 4.67. The molecule has 2 atom stereocenters. The number of aromatic nitrogens is 1. The summed E-state index contributed by atoms with van der Waals surface area (Å²) in [7, 11) is 0. The van der Waals surface area contributed by atoms with Crippen LogP contribution in [0.25, 0.3) is 10.9 Å². The van der Waals surface area contributed by atoms with Crippen molar-refractivity contribution in [3.8, 4) is 0 Å².